The van der Waals surface area contributed by atoms with Crippen LogP contribution < -0.4 is 0 Å². The molecular weight excluding hydrogens is 224 g/mol. The second kappa shape index (κ2) is 5.38. The van der Waals surface area contributed by atoms with E-state index in [1.807, 2.05) is 12.1 Å². The minimum absolute atomic E-state index is 0.430. The average Bonchev–Trinajstić information content (AvgIpc) is 2.38. The van der Waals surface area contributed by atoms with Gasteiger partial charge in [-0.15, -0.1) is 0 Å². The van der Waals surface area contributed by atoms with E-state index >= 15 is 0 Å². The number of carbonyl (C=O) groups is 1. The third-order valence-corrected chi connectivity index (χ3v) is 3.87. The van der Waals surface area contributed by atoms with Gasteiger partial charge in [-0.25, -0.2) is 0 Å². The first-order chi connectivity index (χ1) is 8.59. The van der Waals surface area contributed by atoms with Gasteiger partial charge in [0.1, 0.15) is 0 Å². The molecule has 18 heavy (non-hydrogen) atoms. The van der Waals surface area contributed by atoms with Crippen molar-refractivity contribution in [3.63, 3.8) is 0 Å². The van der Waals surface area contributed by atoms with Crippen LogP contribution in [0.15, 0.2) is 29.8 Å². The third-order valence-electron chi connectivity index (χ3n) is 3.87. The summed E-state index contributed by atoms with van der Waals surface area (Å²) in [6, 6.07) is 8.03. The monoisotopic (exact) mass is 244 g/mol. The molecule has 1 aliphatic rings. The van der Waals surface area contributed by atoms with Gasteiger partial charge in [0.25, 0.3) is 0 Å². The summed E-state index contributed by atoms with van der Waals surface area (Å²) in [5.74, 6) is -1.20. The first-order valence-corrected chi connectivity index (χ1v) is 6.61. The predicted octanol–water partition coefficient (Wildman–Crippen LogP) is 4.22. The number of allylic oxidation sites excluding steroid dienone is 2. The molecule has 2 nitrogen and oxygen atoms in total. The Morgan fingerprint density at radius 1 is 1.17 bits per heavy atom. The van der Waals surface area contributed by atoms with Gasteiger partial charge < -0.3 is 5.11 Å². The molecule has 0 saturated heterocycles. The van der Waals surface area contributed by atoms with Gasteiger partial charge in [-0.2, -0.15) is 0 Å². The van der Waals surface area contributed by atoms with Gasteiger partial charge in [0.05, 0.1) is 5.92 Å². The van der Waals surface area contributed by atoms with Crippen LogP contribution in [0.5, 0.6) is 0 Å². The van der Waals surface area contributed by atoms with E-state index in [9.17, 15) is 4.79 Å². The molecule has 0 saturated carbocycles. The molecule has 0 amide bonds. The second-order valence-corrected chi connectivity index (χ2v) is 5.15. The average molecular weight is 244 g/mol. The van der Waals surface area contributed by atoms with Crippen LogP contribution in [0.25, 0.3) is 5.57 Å². The van der Waals surface area contributed by atoms with E-state index in [1.54, 1.807) is 6.92 Å². The molecule has 0 aromatic heterocycles. The first-order valence-electron chi connectivity index (χ1n) is 6.61. The fourth-order valence-corrected chi connectivity index (χ4v) is 2.56. The van der Waals surface area contributed by atoms with Crippen molar-refractivity contribution < 1.29 is 9.90 Å². The quantitative estimate of drug-likeness (QED) is 0.864. The maximum absolute atomic E-state index is 10.9. The number of benzene rings is 1. The van der Waals surface area contributed by atoms with Crippen molar-refractivity contribution in [2.24, 2.45) is 0 Å². The lowest BCUT2D eigenvalue weighted by Crippen LogP contribution is -2.07. The molecule has 0 bridgehead atoms. The van der Waals surface area contributed by atoms with E-state index in [4.69, 9.17) is 5.11 Å². The first kappa shape index (κ1) is 12.9. The van der Waals surface area contributed by atoms with Crippen molar-refractivity contribution in [3.05, 3.63) is 41.0 Å². The molecule has 1 aromatic rings. The Hall–Kier alpha value is -1.57. The van der Waals surface area contributed by atoms with Crippen molar-refractivity contribution in [2.75, 3.05) is 0 Å². The van der Waals surface area contributed by atoms with E-state index in [-0.39, 0.29) is 0 Å². The van der Waals surface area contributed by atoms with Crippen LogP contribution in [0.1, 0.15) is 56.6 Å². The molecule has 0 fully saturated rings. The highest BCUT2D eigenvalue weighted by molar-refractivity contribution is 5.76. The lowest BCUT2D eigenvalue weighted by molar-refractivity contribution is -0.138. The zero-order valence-electron chi connectivity index (χ0n) is 11.1. The van der Waals surface area contributed by atoms with Gasteiger partial charge in [0.2, 0.25) is 0 Å². The summed E-state index contributed by atoms with van der Waals surface area (Å²) in [6.07, 6.45) is 4.91. The molecule has 1 unspecified atom stereocenters. The Balaban J connectivity index is 2.25. The van der Waals surface area contributed by atoms with E-state index in [0.29, 0.717) is 0 Å². The number of carboxylic acid groups (broad SMARTS) is 1. The van der Waals surface area contributed by atoms with Crippen LogP contribution in [-0.4, -0.2) is 11.1 Å². The summed E-state index contributed by atoms with van der Waals surface area (Å²) in [4.78, 5) is 10.9. The largest absolute Gasteiger partial charge is 0.481 e. The zero-order chi connectivity index (χ0) is 13.1. The topological polar surface area (TPSA) is 37.3 Å². The maximum atomic E-state index is 10.9. The van der Waals surface area contributed by atoms with Crippen LogP contribution in [0.2, 0.25) is 0 Å². The Bertz CT molecular complexity index is 468. The predicted molar refractivity (Wildman–Crippen MR) is 73.6 cm³/mol. The number of aliphatic carboxylic acids is 1. The van der Waals surface area contributed by atoms with E-state index in [2.05, 4.69) is 19.1 Å². The van der Waals surface area contributed by atoms with Crippen molar-refractivity contribution >= 4 is 11.5 Å². The zero-order valence-corrected chi connectivity index (χ0v) is 11.1. The molecule has 1 N–H and O–H groups in total. The van der Waals surface area contributed by atoms with Crippen molar-refractivity contribution in [2.45, 2.75) is 45.4 Å². The highest BCUT2D eigenvalue weighted by atomic mass is 16.4. The second-order valence-electron chi connectivity index (χ2n) is 5.15. The highest BCUT2D eigenvalue weighted by Gasteiger charge is 2.15. The molecule has 2 heteroatoms. The van der Waals surface area contributed by atoms with Crippen molar-refractivity contribution in [1.82, 2.24) is 0 Å². The highest BCUT2D eigenvalue weighted by Crippen LogP contribution is 2.32. The van der Waals surface area contributed by atoms with Crippen LogP contribution in [0, 0.1) is 0 Å². The minimum Gasteiger partial charge on any atom is -0.481 e. The summed E-state index contributed by atoms with van der Waals surface area (Å²) in [7, 11) is 0. The van der Waals surface area contributed by atoms with Crippen molar-refractivity contribution in [3.8, 4) is 0 Å². The Kier molecular flexibility index (Phi) is 3.85. The molecule has 0 radical (unpaired) electrons. The number of hydrogen-bond acceptors (Lipinski definition) is 1. The molecule has 1 aliphatic carbocycles. The normalized spacial score (nSPS) is 17.7. The lowest BCUT2D eigenvalue weighted by Gasteiger charge is -2.18. The van der Waals surface area contributed by atoms with E-state index in [1.165, 1.54) is 36.0 Å². The standard InChI is InChI=1S/C16H20O2/c1-11-5-3-4-6-15(11)14-9-7-13(8-10-14)12(2)16(17)18/h7-10,12H,3-6H2,1-2H3,(H,17,18). The van der Waals surface area contributed by atoms with Gasteiger partial charge in [-0.3, -0.25) is 4.79 Å². The molecule has 1 atom stereocenters. The van der Waals surface area contributed by atoms with Crippen LogP contribution >= 0.6 is 0 Å². The summed E-state index contributed by atoms with van der Waals surface area (Å²) < 4.78 is 0. The Morgan fingerprint density at radius 3 is 2.33 bits per heavy atom. The smallest absolute Gasteiger partial charge is 0.310 e. The number of carboxylic acids is 1. The van der Waals surface area contributed by atoms with Crippen LogP contribution in [-0.2, 0) is 4.79 Å². The van der Waals surface area contributed by atoms with E-state index in [0.717, 1.165) is 12.0 Å². The molecule has 2 rings (SSSR count). The molecule has 96 valence electrons. The maximum Gasteiger partial charge on any atom is 0.310 e. The van der Waals surface area contributed by atoms with Crippen LogP contribution in [0.4, 0.5) is 0 Å². The number of hydrogen-bond donors (Lipinski definition) is 1. The lowest BCUT2D eigenvalue weighted by atomic mass is 9.87. The summed E-state index contributed by atoms with van der Waals surface area (Å²) in [5.41, 5.74) is 5.07. The molecule has 0 heterocycles. The number of rotatable bonds is 3. The van der Waals surface area contributed by atoms with E-state index < -0.39 is 11.9 Å². The molecular formula is C16H20O2. The van der Waals surface area contributed by atoms with Gasteiger partial charge in [-0.1, -0.05) is 29.8 Å². The minimum atomic E-state index is -0.768. The molecule has 0 spiro atoms. The molecule has 0 aliphatic heterocycles. The van der Waals surface area contributed by atoms with Crippen molar-refractivity contribution in [1.29, 1.82) is 0 Å². The Labute approximate surface area is 108 Å². The fraction of sp³-hybridized carbons (Fsp3) is 0.438. The van der Waals surface area contributed by atoms with Gasteiger partial charge >= 0.3 is 5.97 Å². The van der Waals surface area contributed by atoms with Gasteiger partial charge in [0.15, 0.2) is 0 Å². The Morgan fingerprint density at radius 2 is 1.78 bits per heavy atom. The third kappa shape index (κ3) is 2.63. The summed E-state index contributed by atoms with van der Waals surface area (Å²) >= 11 is 0. The fourth-order valence-electron chi connectivity index (χ4n) is 2.56. The summed E-state index contributed by atoms with van der Waals surface area (Å²) in [6.45, 7) is 3.94. The van der Waals surface area contributed by atoms with Gasteiger partial charge in [0, 0.05) is 0 Å². The van der Waals surface area contributed by atoms with Crippen LogP contribution in [0.3, 0.4) is 0 Å². The summed E-state index contributed by atoms with van der Waals surface area (Å²) in [5, 5.41) is 8.99. The molecule has 1 aromatic carbocycles. The SMILES string of the molecule is CC1=C(c2ccc(C(C)C(=O)O)cc2)CCCC1. The van der Waals surface area contributed by atoms with Gasteiger partial charge in [-0.05, 0) is 56.2 Å².